The van der Waals surface area contributed by atoms with E-state index in [-0.39, 0.29) is 24.4 Å². The summed E-state index contributed by atoms with van der Waals surface area (Å²) in [5.41, 5.74) is 0. The van der Waals surface area contributed by atoms with Crippen molar-refractivity contribution in [1.29, 1.82) is 0 Å². The molecule has 4 heterocycles. The molecule has 4 rings (SSSR count). The Morgan fingerprint density at radius 2 is 2.03 bits per heavy atom. The Morgan fingerprint density at radius 1 is 1.21 bits per heavy atom. The van der Waals surface area contributed by atoms with Crippen molar-refractivity contribution < 1.29 is 17.6 Å². The highest BCUT2D eigenvalue weighted by Gasteiger charge is 2.34. The maximum atomic E-state index is 12.9. The summed E-state index contributed by atoms with van der Waals surface area (Å²) in [4.78, 5) is 15.2. The number of sulfonamides is 1. The molecule has 2 aromatic rings. The minimum atomic E-state index is -3.52. The zero-order valence-corrected chi connectivity index (χ0v) is 18.0. The van der Waals surface area contributed by atoms with Gasteiger partial charge >= 0.3 is 0 Å². The molecule has 7 nitrogen and oxygen atoms in total. The van der Waals surface area contributed by atoms with Gasteiger partial charge in [0.2, 0.25) is 5.91 Å². The molecule has 1 N–H and O–H groups in total. The summed E-state index contributed by atoms with van der Waals surface area (Å²) < 4.78 is 33.0. The first-order chi connectivity index (χ1) is 14.1. The number of rotatable bonds is 7. The standard InChI is InChI=1S/C20H27N3O4S2/c24-20(21-14-17(18-7-4-12-27-18)22-9-1-2-10-22)16-6-3-11-23(15-16)29(25,26)19-8-5-13-28-19/h4-5,7-8,12-13,16-17H,1-3,6,9-11,14-15H2,(H,21,24)/t16-,17-/m0/s1. The smallest absolute Gasteiger partial charge is 0.252 e. The number of amides is 1. The van der Waals surface area contributed by atoms with Gasteiger partial charge < -0.3 is 9.73 Å². The third-order valence-corrected chi connectivity index (χ3v) is 9.00. The van der Waals surface area contributed by atoms with Crippen molar-refractivity contribution in [3.63, 3.8) is 0 Å². The molecule has 0 saturated carbocycles. The van der Waals surface area contributed by atoms with Gasteiger partial charge in [0.15, 0.2) is 0 Å². The van der Waals surface area contributed by atoms with E-state index in [4.69, 9.17) is 4.42 Å². The van der Waals surface area contributed by atoms with Crippen molar-refractivity contribution in [3.8, 4) is 0 Å². The molecule has 2 atom stereocenters. The van der Waals surface area contributed by atoms with Crippen molar-refractivity contribution >= 4 is 27.3 Å². The van der Waals surface area contributed by atoms with Crippen molar-refractivity contribution in [2.24, 2.45) is 5.92 Å². The molecule has 0 spiro atoms. The molecular formula is C20H27N3O4S2. The predicted molar refractivity (Wildman–Crippen MR) is 111 cm³/mol. The van der Waals surface area contributed by atoms with Gasteiger partial charge in [-0.15, -0.1) is 11.3 Å². The molecule has 0 aliphatic carbocycles. The summed E-state index contributed by atoms with van der Waals surface area (Å²) in [6.07, 6.45) is 5.37. The summed E-state index contributed by atoms with van der Waals surface area (Å²) in [5.74, 6) is 0.457. The van der Waals surface area contributed by atoms with Crippen LogP contribution < -0.4 is 5.32 Å². The monoisotopic (exact) mass is 437 g/mol. The van der Waals surface area contributed by atoms with Gasteiger partial charge in [-0.05, 0) is 62.4 Å². The van der Waals surface area contributed by atoms with Gasteiger partial charge in [0.1, 0.15) is 9.97 Å². The molecule has 2 fully saturated rings. The third kappa shape index (κ3) is 4.58. The number of thiophene rings is 1. The first-order valence-electron chi connectivity index (χ1n) is 10.1. The summed E-state index contributed by atoms with van der Waals surface area (Å²) in [6.45, 7) is 3.17. The predicted octanol–water partition coefficient (Wildman–Crippen LogP) is 2.70. The van der Waals surface area contributed by atoms with Crippen LogP contribution in [0.15, 0.2) is 44.5 Å². The third-order valence-electron chi connectivity index (χ3n) is 5.77. The summed E-state index contributed by atoms with van der Waals surface area (Å²) in [7, 11) is -3.52. The van der Waals surface area contributed by atoms with Crippen LogP contribution >= 0.6 is 11.3 Å². The normalized spacial score (nSPS) is 22.6. The van der Waals surface area contributed by atoms with Gasteiger partial charge in [0, 0.05) is 19.6 Å². The number of nitrogens with one attached hydrogen (secondary N) is 1. The molecule has 0 radical (unpaired) electrons. The average Bonchev–Trinajstić information content (AvgIpc) is 3.51. The van der Waals surface area contributed by atoms with Gasteiger partial charge in [0.25, 0.3) is 10.0 Å². The zero-order chi connectivity index (χ0) is 20.3. The Bertz CT molecular complexity index is 890. The first kappa shape index (κ1) is 20.6. The number of furan rings is 1. The van der Waals surface area contributed by atoms with E-state index in [2.05, 4.69) is 10.2 Å². The lowest BCUT2D eigenvalue weighted by atomic mass is 9.98. The van der Waals surface area contributed by atoms with E-state index >= 15 is 0 Å². The number of nitrogens with zero attached hydrogens (tertiary/aromatic N) is 2. The summed E-state index contributed by atoms with van der Waals surface area (Å²) in [5, 5.41) is 4.82. The lowest BCUT2D eigenvalue weighted by Crippen LogP contribution is -2.46. The molecule has 1 amide bonds. The van der Waals surface area contributed by atoms with Crippen LogP contribution in [0.5, 0.6) is 0 Å². The fourth-order valence-corrected chi connectivity index (χ4v) is 6.87. The molecule has 0 bridgehead atoms. The van der Waals surface area contributed by atoms with Crippen LogP contribution in [0.2, 0.25) is 0 Å². The van der Waals surface area contributed by atoms with Crippen molar-refractivity contribution in [2.45, 2.75) is 35.9 Å². The van der Waals surface area contributed by atoms with E-state index in [0.29, 0.717) is 30.1 Å². The number of hydrogen-bond acceptors (Lipinski definition) is 6. The SMILES string of the molecule is O=C(NC[C@@H](c1ccco1)N1CCCC1)[C@H]1CCCN(S(=O)(=O)c2cccs2)C1. The minimum absolute atomic E-state index is 0.0194. The lowest BCUT2D eigenvalue weighted by molar-refractivity contribution is -0.126. The maximum absolute atomic E-state index is 12.9. The fraction of sp³-hybridized carbons (Fsp3) is 0.550. The molecule has 2 saturated heterocycles. The Hall–Kier alpha value is -1.68. The van der Waals surface area contributed by atoms with Gasteiger partial charge in [-0.2, -0.15) is 4.31 Å². The van der Waals surface area contributed by atoms with E-state index in [1.165, 1.54) is 15.6 Å². The van der Waals surface area contributed by atoms with Crippen LogP contribution in [0.3, 0.4) is 0 Å². The molecule has 0 unspecified atom stereocenters. The van der Waals surface area contributed by atoms with Gasteiger partial charge in [-0.3, -0.25) is 9.69 Å². The van der Waals surface area contributed by atoms with Gasteiger partial charge in [-0.1, -0.05) is 6.07 Å². The summed E-state index contributed by atoms with van der Waals surface area (Å²) in [6, 6.07) is 7.19. The average molecular weight is 438 g/mol. The van der Waals surface area contributed by atoms with Gasteiger partial charge in [-0.25, -0.2) is 8.42 Å². The van der Waals surface area contributed by atoms with Crippen LogP contribution in [0.4, 0.5) is 0 Å². The zero-order valence-electron chi connectivity index (χ0n) is 16.3. The van der Waals surface area contributed by atoms with Crippen molar-refractivity contribution in [2.75, 3.05) is 32.7 Å². The number of hydrogen-bond donors (Lipinski definition) is 1. The van der Waals surface area contributed by atoms with Gasteiger partial charge in [0.05, 0.1) is 18.2 Å². The van der Waals surface area contributed by atoms with Crippen LogP contribution in [0, 0.1) is 5.92 Å². The highest BCUT2D eigenvalue weighted by atomic mass is 32.2. The number of likely N-dealkylation sites (tertiary alicyclic amines) is 1. The molecule has 29 heavy (non-hydrogen) atoms. The number of carbonyl (C=O) groups excluding carboxylic acids is 1. The lowest BCUT2D eigenvalue weighted by Gasteiger charge is -2.32. The minimum Gasteiger partial charge on any atom is -0.468 e. The molecular weight excluding hydrogens is 410 g/mol. The Morgan fingerprint density at radius 3 is 2.72 bits per heavy atom. The van der Waals surface area contributed by atoms with E-state index in [1.807, 2.05) is 12.1 Å². The number of piperidine rings is 1. The molecule has 2 aliphatic rings. The van der Waals surface area contributed by atoms with Crippen LogP contribution in [-0.2, 0) is 14.8 Å². The van der Waals surface area contributed by atoms with Crippen molar-refractivity contribution in [3.05, 3.63) is 41.7 Å². The molecule has 2 aliphatic heterocycles. The van der Waals surface area contributed by atoms with E-state index in [0.717, 1.165) is 31.7 Å². The van der Waals surface area contributed by atoms with E-state index in [9.17, 15) is 13.2 Å². The van der Waals surface area contributed by atoms with Crippen LogP contribution in [0.25, 0.3) is 0 Å². The van der Waals surface area contributed by atoms with E-state index < -0.39 is 10.0 Å². The molecule has 2 aromatic heterocycles. The maximum Gasteiger partial charge on any atom is 0.252 e. The second-order valence-electron chi connectivity index (χ2n) is 7.65. The Kier molecular flexibility index (Phi) is 6.38. The molecule has 9 heteroatoms. The highest BCUT2D eigenvalue weighted by Crippen LogP contribution is 2.28. The largest absolute Gasteiger partial charge is 0.468 e. The van der Waals surface area contributed by atoms with Crippen LogP contribution in [-0.4, -0.2) is 56.3 Å². The highest BCUT2D eigenvalue weighted by molar-refractivity contribution is 7.91. The molecule has 158 valence electrons. The Labute approximate surface area is 175 Å². The van der Waals surface area contributed by atoms with Crippen molar-refractivity contribution in [1.82, 2.24) is 14.5 Å². The van der Waals surface area contributed by atoms with Crippen LogP contribution in [0.1, 0.15) is 37.5 Å². The fourth-order valence-electron chi connectivity index (χ4n) is 4.20. The quantitative estimate of drug-likeness (QED) is 0.720. The molecule has 0 aromatic carbocycles. The first-order valence-corrected chi connectivity index (χ1v) is 12.5. The number of carbonyl (C=O) groups is 1. The second kappa shape index (κ2) is 8.99. The second-order valence-corrected chi connectivity index (χ2v) is 10.8. The Balaban J connectivity index is 1.39. The van der Waals surface area contributed by atoms with E-state index in [1.54, 1.807) is 23.8 Å². The summed E-state index contributed by atoms with van der Waals surface area (Å²) >= 11 is 1.21. The topological polar surface area (TPSA) is 82.9 Å².